The van der Waals surface area contributed by atoms with Crippen LogP contribution in [0.4, 0.5) is 5.13 Å². The van der Waals surface area contributed by atoms with Crippen molar-refractivity contribution in [2.45, 2.75) is 26.3 Å². The first kappa shape index (κ1) is 12.7. The molecular weight excluding hydrogens is 236 g/mol. The molecule has 2 heterocycles. The van der Waals surface area contributed by atoms with Gasteiger partial charge in [-0.25, -0.2) is 0 Å². The SMILES string of the molecule is CCNc1nnc(CN2CCC(CO)CC2)s1. The van der Waals surface area contributed by atoms with Crippen LogP contribution in [-0.4, -0.2) is 46.4 Å². The van der Waals surface area contributed by atoms with Crippen molar-refractivity contribution in [3.63, 3.8) is 0 Å². The highest BCUT2D eigenvalue weighted by atomic mass is 32.1. The number of nitrogens with one attached hydrogen (secondary N) is 1. The van der Waals surface area contributed by atoms with E-state index in [-0.39, 0.29) is 0 Å². The van der Waals surface area contributed by atoms with Crippen molar-refractivity contribution >= 4 is 16.5 Å². The van der Waals surface area contributed by atoms with E-state index in [0.29, 0.717) is 12.5 Å². The van der Waals surface area contributed by atoms with Crippen molar-refractivity contribution in [1.29, 1.82) is 0 Å². The normalized spacial score (nSPS) is 18.5. The Morgan fingerprint density at radius 1 is 1.41 bits per heavy atom. The van der Waals surface area contributed by atoms with Gasteiger partial charge in [0.1, 0.15) is 5.01 Å². The van der Waals surface area contributed by atoms with Crippen LogP contribution < -0.4 is 5.32 Å². The zero-order valence-electron chi connectivity index (χ0n) is 10.2. The first-order valence-corrected chi connectivity index (χ1v) is 7.03. The van der Waals surface area contributed by atoms with Crippen molar-refractivity contribution < 1.29 is 5.11 Å². The number of nitrogens with zero attached hydrogens (tertiary/aromatic N) is 3. The fraction of sp³-hybridized carbons (Fsp3) is 0.818. The lowest BCUT2D eigenvalue weighted by Gasteiger charge is -2.30. The molecule has 1 aromatic rings. The number of aromatic nitrogens is 2. The Kier molecular flexibility index (Phi) is 4.70. The maximum Gasteiger partial charge on any atom is 0.205 e. The van der Waals surface area contributed by atoms with Crippen molar-refractivity contribution in [3.8, 4) is 0 Å². The molecule has 0 aliphatic carbocycles. The molecule has 0 aromatic carbocycles. The average Bonchev–Trinajstić information content (AvgIpc) is 2.78. The van der Waals surface area contributed by atoms with E-state index in [1.807, 2.05) is 0 Å². The quantitative estimate of drug-likeness (QED) is 0.828. The maximum absolute atomic E-state index is 9.08. The standard InChI is InChI=1S/C11H20N4OS/c1-2-12-11-14-13-10(17-11)7-15-5-3-9(8-16)4-6-15/h9,16H,2-8H2,1H3,(H,12,14). The molecular formula is C11H20N4OS. The lowest BCUT2D eigenvalue weighted by molar-refractivity contribution is 0.127. The molecule has 1 saturated heterocycles. The summed E-state index contributed by atoms with van der Waals surface area (Å²) in [5.41, 5.74) is 0. The van der Waals surface area contributed by atoms with Gasteiger partial charge in [-0.3, -0.25) is 4.90 Å². The first-order chi connectivity index (χ1) is 8.31. The van der Waals surface area contributed by atoms with Crippen LogP contribution in [-0.2, 0) is 6.54 Å². The predicted molar refractivity (Wildman–Crippen MR) is 69.2 cm³/mol. The van der Waals surface area contributed by atoms with Gasteiger partial charge in [0, 0.05) is 13.2 Å². The van der Waals surface area contributed by atoms with E-state index >= 15 is 0 Å². The topological polar surface area (TPSA) is 61.3 Å². The fourth-order valence-electron chi connectivity index (χ4n) is 2.06. The molecule has 0 spiro atoms. The lowest BCUT2D eigenvalue weighted by Crippen LogP contribution is -2.34. The maximum atomic E-state index is 9.08. The Labute approximate surface area is 106 Å². The van der Waals surface area contributed by atoms with Gasteiger partial charge in [-0.1, -0.05) is 11.3 Å². The number of rotatable bonds is 5. The van der Waals surface area contributed by atoms with Crippen LogP contribution in [0.15, 0.2) is 0 Å². The molecule has 0 unspecified atom stereocenters. The Hall–Kier alpha value is -0.720. The molecule has 0 bridgehead atoms. The second kappa shape index (κ2) is 6.28. The number of aliphatic hydroxyl groups is 1. The molecule has 96 valence electrons. The van der Waals surface area contributed by atoms with E-state index in [4.69, 9.17) is 5.11 Å². The van der Waals surface area contributed by atoms with E-state index in [1.54, 1.807) is 11.3 Å². The molecule has 2 rings (SSSR count). The minimum Gasteiger partial charge on any atom is -0.396 e. The van der Waals surface area contributed by atoms with Crippen LogP contribution in [0.3, 0.4) is 0 Å². The first-order valence-electron chi connectivity index (χ1n) is 6.21. The number of piperidine rings is 1. The van der Waals surface area contributed by atoms with Crippen LogP contribution in [0.25, 0.3) is 0 Å². The largest absolute Gasteiger partial charge is 0.396 e. The summed E-state index contributed by atoms with van der Waals surface area (Å²) < 4.78 is 0. The Balaban J connectivity index is 1.80. The van der Waals surface area contributed by atoms with Crippen LogP contribution in [0.2, 0.25) is 0 Å². The molecule has 1 aliphatic heterocycles. The van der Waals surface area contributed by atoms with Crippen molar-refractivity contribution in [1.82, 2.24) is 15.1 Å². The highest BCUT2D eigenvalue weighted by Gasteiger charge is 2.19. The van der Waals surface area contributed by atoms with Gasteiger partial charge in [0.15, 0.2) is 0 Å². The van der Waals surface area contributed by atoms with E-state index in [1.165, 1.54) is 0 Å². The summed E-state index contributed by atoms with van der Waals surface area (Å²) in [5.74, 6) is 0.498. The minimum atomic E-state index is 0.331. The highest BCUT2D eigenvalue weighted by molar-refractivity contribution is 7.15. The molecule has 17 heavy (non-hydrogen) atoms. The molecule has 1 aromatic heterocycles. The molecule has 6 heteroatoms. The smallest absolute Gasteiger partial charge is 0.205 e. The number of hydrogen-bond acceptors (Lipinski definition) is 6. The number of hydrogen-bond donors (Lipinski definition) is 2. The summed E-state index contributed by atoms with van der Waals surface area (Å²) in [6, 6.07) is 0. The molecule has 0 radical (unpaired) electrons. The summed E-state index contributed by atoms with van der Waals surface area (Å²) in [4.78, 5) is 2.39. The average molecular weight is 256 g/mol. The molecule has 1 fully saturated rings. The van der Waals surface area contributed by atoms with Gasteiger partial charge >= 0.3 is 0 Å². The summed E-state index contributed by atoms with van der Waals surface area (Å²) >= 11 is 1.63. The Morgan fingerprint density at radius 2 is 2.18 bits per heavy atom. The third-order valence-corrected chi connectivity index (χ3v) is 3.98. The van der Waals surface area contributed by atoms with E-state index in [9.17, 15) is 0 Å². The third-order valence-electron chi connectivity index (χ3n) is 3.12. The minimum absolute atomic E-state index is 0.331. The molecule has 0 saturated carbocycles. The molecule has 2 N–H and O–H groups in total. The molecule has 5 nitrogen and oxygen atoms in total. The summed E-state index contributed by atoms with van der Waals surface area (Å²) in [7, 11) is 0. The summed E-state index contributed by atoms with van der Waals surface area (Å²) in [6.07, 6.45) is 2.19. The van der Waals surface area contributed by atoms with Crippen LogP contribution >= 0.6 is 11.3 Å². The lowest BCUT2D eigenvalue weighted by atomic mass is 9.98. The van der Waals surface area contributed by atoms with Crippen molar-refractivity contribution in [3.05, 3.63) is 5.01 Å². The third kappa shape index (κ3) is 3.62. The van der Waals surface area contributed by atoms with Gasteiger partial charge < -0.3 is 10.4 Å². The van der Waals surface area contributed by atoms with E-state index < -0.39 is 0 Å². The number of aliphatic hydroxyl groups excluding tert-OH is 1. The van der Waals surface area contributed by atoms with Gasteiger partial charge in [0.05, 0.1) is 6.54 Å². The second-order valence-electron chi connectivity index (χ2n) is 4.43. The second-order valence-corrected chi connectivity index (χ2v) is 5.50. The van der Waals surface area contributed by atoms with E-state index in [2.05, 4.69) is 27.3 Å². The van der Waals surface area contributed by atoms with Gasteiger partial charge in [0.2, 0.25) is 5.13 Å². The summed E-state index contributed by atoms with van der Waals surface area (Å²) in [5, 5.41) is 22.5. The number of anilines is 1. The van der Waals surface area contributed by atoms with Crippen LogP contribution in [0.1, 0.15) is 24.8 Å². The number of likely N-dealkylation sites (tertiary alicyclic amines) is 1. The van der Waals surface area contributed by atoms with Crippen LogP contribution in [0.5, 0.6) is 0 Å². The van der Waals surface area contributed by atoms with Crippen LogP contribution in [0, 0.1) is 5.92 Å². The van der Waals surface area contributed by atoms with Crippen molar-refractivity contribution in [2.24, 2.45) is 5.92 Å². The fourth-order valence-corrected chi connectivity index (χ4v) is 2.91. The van der Waals surface area contributed by atoms with Gasteiger partial charge in [-0.15, -0.1) is 10.2 Å². The monoisotopic (exact) mass is 256 g/mol. The molecule has 0 atom stereocenters. The molecule has 1 aliphatic rings. The van der Waals surface area contributed by atoms with Gasteiger partial charge in [0.25, 0.3) is 0 Å². The Bertz CT molecular complexity index is 336. The van der Waals surface area contributed by atoms with E-state index in [0.717, 1.165) is 49.2 Å². The summed E-state index contributed by atoms with van der Waals surface area (Å²) in [6.45, 7) is 6.28. The zero-order chi connectivity index (χ0) is 12.1. The van der Waals surface area contributed by atoms with Gasteiger partial charge in [-0.05, 0) is 38.8 Å². The van der Waals surface area contributed by atoms with Crippen molar-refractivity contribution in [2.75, 3.05) is 31.6 Å². The molecule has 0 amide bonds. The predicted octanol–water partition coefficient (Wildman–Crippen LogP) is 1.17. The highest BCUT2D eigenvalue weighted by Crippen LogP contribution is 2.21. The Morgan fingerprint density at radius 3 is 2.82 bits per heavy atom. The zero-order valence-corrected chi connectivity index (χ0v) is 11.0. The van der Waals surface area contributed by atoms with Gasteiger partial charge in [-0.2, -0.15) is 0 Å².